The summed E-state index contributed by atoms with van der Waals surface area (Å²) in [4.78, 5) is 11.5. The molecule has 0 bridgehead atoms. The standard InChI is InChI=1S/C8H6INOS/c9-5-10-8(11)6-3-1-2-4-7(6)12-10/h1-4H,5H2. The summed E-state index contributed by atoms with van der Waals surface area (Å²) in [5.41, 5.74) is 0.130. The van der Waals surface area contributed by atoms with Crippen molar-refractivity contribution in [1.29, 1.82) is 0 Å². The highest BCUT2D eigenvalue weighted by Gasteiger charge is 2.03. The summed E-state index contributed by atoms with van der Waals surface area (Å²) in [6.07, 6.45) is 0. The van der Waals surface area contributed by atoms with Crippen molar-refractivity contribution in [2.45, 2.75) is 4.55 Å². The maximum atomic E-state index is 11.5. The molecule has 4 heteroatoms. The molecule has 0 spiro atoms. The first kappa shape index (κ1) is 8.25. The van der Waals surface area contributed by atoms with Crippen LogP contribution >= 0.6 is 34.1 Å². The number of hydrogen-bond donors (Lipinski definition) is 0. The van der Waals surface area contributed by atoms with E-state index in [1.54, 1.807) is 3.96 Å². The number of nitrogens with zero attached hydrogens (tertiary/aromatic N) is 1. The van der Waals surface area contributed by atoms with Crippen molar-refractivity contribution in [2.75, 3.05) is 0 Å². The minimum absolute atomic E-state index is 0.130. The topological polar surface area (TPSA) is 22.0 Å². The average Bonchev–Trinajstić information content (AvgIpc) is 2.44. The minimum Gasteiger partial charge on any atom is -0.268 e. The van der Waals surface area contributed by atoms with Crippen LogP contribution in [0.15, 0.2) is 29.1 Å². The molecule has 2 aromatic rings. The van der Waals surface area contributed by atoms with E-state index in [1.807, 2.05) is 24.3 Å². The molecule has 12 heavy (non-hydrogen) atoms. The summed E-state index contributed by atoms with van der Waals surface area (Å²) in [7, 11) is 0. The summed E-state index contributed by atoms with van der Waals surface area (Å²) in [5.74, 6) is 0. The van der Waals surface area contributed by atoms with E-state index in [9.17, 15) is 4.79 Å². The van der Waals surface area contributed by atoms with E-state index in [2.05, 4.69) is 22.6 Å². The van der Waals surface area contributed by atoms with Gasteiger partial charge in [-0.15, -0.1) is 0 Å². The van der Waals surface area contributed by atoms with E-state index in [0.717, 1.165) is 14.6 Å². The first-order chi connectivity index (χ1) is 5.83. The van der Waals surface area contributed by atoms with Gasteiger partial charge in [0, 0.05) is 0 Å². The lowest BCUT2D eigenvalue weighted by Gasteiger charge is -1.85. The maximum Gasteiger partial charge on any atom is 0.269 e. The third-order valence-electron chi connectivity index (χ3n) is 1.66. The van der Waals surface area contributed by atoms with Crippen LogP contribution in [0.5, 0.6) is 0 Å². The van der Waals surface area contributed by atoms with Crippen LogP contribution in [0.25, 0.3) is 10.1 Å². The molecule has 62 valence electrons. The van der Waals surface area contributed by atoms with Gasteiger partial charge in [-0.2, -0.15) is 0 Å². The Balaban J connectivity index is 2.88. The highest BCUT2D eigenvalue weighted by Crippen LogP contribution is 2.16. The molecular formula is C8H6INOS. The number of alkyl halides is 1. The van der Waals surface area contributed by atoms with Crippen molar-refractivity contribution in [1.82, 2.24) is 3.96 Å². The largest absolute Gasteiger partial charge is 0.269 e. The van der Waals surface area contributed by atoms with Crippen LogP contribution in [-0.2, 0) is 4.55 Å². The first-order valence-corrected chi connectivity index (χ1v) is 5.77. The zero-order valence-corrected chi connectivity index (χ0v) is 9.13. The van der Waals surface area contributed by atoms with Crippen LogP contribution in [0.4, 0.5) is 0 Å². The Morgan fingerprint density at radius 1 is 1.42 bits per heavy atom. The molecule has 1 aromatic heterocycles. The van der Waals surface area contributed by atoms with Crippen molar-refractivity contribution >= 4 is 44.2 Å². The minimum atomic E-state index is 0.130. The molecule has 1 aromatic carbocycles. The van der Waals surface area contributed by atoms with Gasteiger partial charge in [0.05, 0.1) is 14.6 Å². The fourth-order valence-electron chi connectivity index (χ4n) is 1.10. The Morgan fingerprint density at radius 2 is 2.17 bits per heavy atom. The highest BCUT2D eigenvalue weighted by atomic mass is 127. The molecule has 0 saturated carbocycles. The molecule has 0 radical (unpaired) electrons. The quantitative estimate of drug-likeness (QED) is 0.584. The number of halogens is 1. The van der Waals surface area contributed by atoms with Crippen molar-refractivity contribution in [3.05, 3.63) is 34.6 Å². The summed E-state index contributed by atoms with van der Waals surface area (Å²) in [5, 5.41) is 0.833. The Morgan fingerprint density at radius 3 is 2.83 bits per heavy atom. The third-order valence-corrected chi connectivity index (χ3v) is 3.87. The molecule has 0 fully saturated rings. The number of aromatic nitrogens is 1. The van der Waals surface area contributed by atoms with Crippen LogP contribution in [-0.4, -0.2) is 3.96 Å². The SMILES string of the molecule is O=c1c2ccccc2sn1CI. The van der Waals surface area contributed by atoms with E-state index >= 15 is 0 Å². The number of benzene rings is 1. The van der Waals surface area contributed by atoms with Crippen LogP contribution in [0, 0.1) is 0 Å². The van der Waals surface area contributed by atoms with E-state index in [1.165, 1.54) is 11.5 Å². The molecule has 0 amide bonds. The number of fused-ring (bicyclic) bond motifs is 1. The molecule has 0 aliphatic carbocycles. The fraction of sp³-hybridized carbons (Fsp3) is 0.125. The second-order valence-electron chi connectivity index (χ2n) is 2.39. The zero-order valence-electron chi connectivity index (χ0n) is 6.16. The van der Waals surface area contributed by atoms with E-state index in [4.69, 9.17) is 0 Å². The molecule has 2 rings (SSSR count). The van der Waals surface area contributed by atoms with Gasteiger partial charge in [0.15, 0.2) is 0 Å². The van der Waals surface area contributed by atoms with Crippen LogP contribution in [0.1, 0.15) is 0 Å². The van der Waals surface area contributed by atoms with Crippen molar-refractivity contribution in [3.63, 3.8) is 0 Å². The summed E-state index contributed by atoms with van der Waals surface area (Å²) < 4.78 is 3.56. The van der Waals surface area contributed by atoms with Crippen LogP contribution in [0.3, 0.4) is 0 Å². The first-order valence-electron chi connectivity index (χ1n) is 3.48. The second-order valence-corrected chi connectivity index (χ2v) is 4.14. The van der Waals surface area contributed by atoms with Crippen molar-refractivity contribution in [3.8, 4) is 0 Å². The molecule has 0 aliphatic heterocycles. The molecule has 0 atom stereocenters. The fourth-order valence-corrected chi connectivity index (χ4v) is 2.68. The van der Waals surface area contributed by atoms with Crippen molar-refractivity contribution in [2.24, 2.45) is 0 Å². The van der Waals surface area contributed by atoms with Gasteiger partial charge in [0.2, 0.25) is 0 Å². The van der Waals surface area contributed by atoms with Crippen LogP contribution in [0.2, 0.25) is 0 Å². The van der Waals surface area contributed by atoms with Crippen molar-refractivity contribution < 1.29 is 0 Å². The van der Waals surface area contributed by atoms with Crippen LogP contribution < -0.4 is 5.56 Å². The Hall–Kier alpha value is -0.360. The van der Waals surface area contributed by atoms with E-state index < -0.39 is 0 Å². The summed E-state index contributed by atoms with van der Waals surface area (Å²) in [6.45, 7) is 0. The molecule has 2 nitrogen and oxygen atoms in total. The van der Waals surface area contributed by atoms with E-state index in [-0.39, 0.29) is 5.56 Å². The lowest BCUT2D eigenvalue weighted by molar-refractivity contribution is 0.989. The van der Waals surface area contributed by atoms with Gasteiger partial charge < -0.3 is 0 Å². The highest BCUT2D eigenvalue weighted by molar-refractivity contribution is 14.1. The molecule has 1 heterocycles. The Kier molecular flexibility index (Phi) is 2.18. The monoisotopic (exact) mass is 291 g/mol. The summed E-state index contributed by atoms with van der Waals surface area (Å²) in [6, 6.07) is 7.70. The predicted octanol–water partition coefficient (Wildman–Crippen LogP) is 2.46. The van der Waals surface area contributed by atoms with Gasteiger partial charge in [0.1, 0.15) is 0 Å². The Bertz CT molecular complexity index is 459. The normalized spacial score (nSPS) is 10.8. The molecule has 0 aliphatic rings. The van der Waals surface area contributed by atoms with Gasteiger partial charge in [0.25, 0.3) is 5.56 Å². The summed E-state index contributed by atoms with van der Waals surface area (Å²) >= 11 is 3.71. The smallest absolute Gasteiger partial charge is 0.268 e. The number of rotatable bonds is 1. The Labute approximate surface area is 87.1 Å². The average molecular weight is 291 g/mol. The van der Waals surface area contributed by atoms with Gasteiger partial charge in [-0.25, -0.2) is 0 Å². The lowest BCUT2D eigenvalue weighted by Crippen LogP contribution is -2.09. The predicted molar refractivity (Wildman–Crippen MR) is 60.1 cm³/mol. The maximum absolute atomic E-state index is 11.5. The molecular weight excluding hydrogens is 285 g/mol. The molecule has 0 unspecified atom stereocenters. The van der Waals surface area contributed by atoms with Gasteiger partial charge in [-0.05, 0) is 12.1 Å². The second kappa shape index (κ2) is 3.18. The third kappa shape index (κ3) is 1.19. The number of hydrogen-bond acceptors (Lipinski definition) is 2. The van der Waals surface area contributed by atoms with Gasteiger partial charge >= 0.3 is 0 Å². The zero-order chi connectivity index (χ0) is 8.55. The lowest BCUT2D eigenvalue weighted by atomic mass is 10.3. The van der Waals surface area contributed by atoms with Gasteiger partial charge in [-0.3, -0.25) is 8.75 Å². The molecule has 0 saturated heterocycles. The van der Waals surface area contributed by atoms with Gasteiger partial charge in [-0.1, -0.05) is 46.3 Å². The van der Waals surface area contributed by atoms with E-state index in [0.29, 0.717) is 0 Å². The molecule has 0 N–H and O–H groups in total.